The van der Waals surface area contributed by atoms with E-state index in [0.29, 0.717) is 23.0 Å². The Bertz CT molecular complexity index is 1180. The second-order valence-electron chi connectivity index (χ2n) is 7.43. The minimum absolute atomic E-state index is 0.101. The van der Waals surface area contributed by atoms with Crippen LogP contribution in [0.4, 0.5) is 11.4 Å². The van der Waals surface area contributed by atoms with Crippen LogP contribution in [-0.2, 0) is 4.79 Å². The van der Waals surface area contributed by atoms with Gasteiger partial charge in [0, 0.05) is 29.3 Å². The molecule has 1 amide bonds. The van der Waals surface area contributed by atoms with E-state index in [1.807, 2.05) is 77.5 Å². The van der Waals surface area contributed by atoms with Gasteiger partial charge in [-0.05, 0) is 41.8 Å². The van der Waals surface area contributed by atoms with Gasteiger partial charge in [-0.1, -0.05) is 44.2 Å². The summed E-state index contributed by atoms with van der Waals surface area (Å²) in [6.07, 6.45) is 3.82. The van der Waals surface area contributed by atoms with Crippen LogP contribution in [0.5, 0.6) is 5.75 Å². The lowest BCUT2D eigenvalue weighted by molar-refractivity contribution is -0.118. The van der Waals surface area contributed by atoms with Gasteiger partial charge in [-0.3, -0.25) is 4.79 Å². The maximum atomic E-state index is 12.5. The van der Waals surface area contributed by atoms with Crippen molar-refractivity contribution in [2.45, 2.75) is 19.8 Å². The maximum Gasteiger partial charge on any atom is 0.262 e. The average molecular weight is 400 g/mol. The highest BCUT2D eigenvalue weighted by molar-refractivity contribution is 5.92. The summed E-state index contributed by atoms with van der Waals surface area (Å²) in [6, 6.07) is 19.0. The summed E-state index contributed by atoms with van der Waals surface area (Å²) in [5.41, 5.74) is 10.8. The quantitative estimate of drug-likeness (QED) is 0.459. The average Bonchev–Trinajstić information content (AvgIpc) is 3.18. The van der Waals surface area contributed by atoms with Gasteiger partial charge in [0.25, 0.3) is 5.91 Å². The Morgan fingerprint density at radius 1 is 1.10 bits per heavy atom. The van der Waals surface area contributed by atoms with Crippen molar-refractivity contribution < 1.29 is 9.53 Å². The Morgan fingerprint density at radius 3 is 2.63 bits per heavy atom. The number of imidazole rings is 1. The van der Waals surface area contributed by atoms with Crippen molar-refractivity contribution in [3.8, 4) is 17.0 Å². The zero-order chi connectivity index (χ0) is 21.1. The van der Waals surface area contributed by atoms with E-state index in [0.717, 1.165) is 22.5 Å². The Hall–Kier alpha value is -3.80. The highest BCUT2D eigenvalue weighted by Crippen LogP contribution is 2.26. The first-order valence-corrected chi connectivity index (χ1v) is 9.86. The molecule has 0 aliphatic rings. The molecular weight excluding hydrogens is 376 g/mol. The minimum atomic E-state index is -0.213. The number of rotatable bonds is 6. The number of fused-ring (bicyclic) bond motifs is 1. The molecule has 0 fully saturated rings. The molecule has 0 saturated carbocycles. The third kappa shape index (κ3) is 4.12. The van der Waals surface area contributed by atoms with Crippen LogP contribution in [0.1, 0.15) is 25.3 Å². The molecule has 3 N–H and O–H groups in total. The first-order chi connectivity index (χ1) is 14.5. The molecule has 2 aromatic heterocycles. The summed E-state index contributed by atoms with van der Waals surface area (Å²) in [5.74, 6) is 0.648. The number of hydrogen-bond donors (Lipinski definition) is 2. The van der Waals surface area contributed by atoms with Crippen LogP contribution >= 0.6 is 0 Å². The van der Waals surface area contributed by atoms with E-state index < -0.39 is 0 Å². The third-order valence-electron chi connectivity index (χ3n) is 4.87. The number of carbonyl (C=O) groups excluding carboxylic acids is 1. The van der Waals surface area contributed by atoms with Gasteiger partial charge in [-0.2, -0.15) is 0 Å². The Morgan fingerprint density at radius 2 is 1.87 bits per heavy atom. The number of nitrogens with zero attached hydrogens (tertiary/aromatic N) is 2. The van der Waals surface area contributed by atoms with Crippen molar-refractivity contribution in [1.29, 1.82) is 0 Å². The van der Waals surface area contributed by atoms with Gasteiger partial charge in [-0.25, -0.2) is 4.98 Å². The molecule has 0 saturated heterocycles. The lowest BCUT2D eigenvalue weighted by atomic mass is 10.0. The van der Waals surface area contributed by atoms with Gasteiger partial charge in [0.15, 0.2) is 18.0 Å². The summed E-state index contributed by atoms with van der Waals surface area (Å²) >= 11 is 0. The number of pyridine rings is 1. The normalized spacial score (nSPS) is 11.0. The minimum Gasteiger partial charge on any atom is -0.480 e. The van der Waals surface area contributed by atoms with Gasteiger partial charge in [0.1, 0.15) is 0 Å². The standard InChI is InChI=1S/C24H24N4O2/c1-16(2)19-6-3-4-7-20(19)26-23(29)15-30-22-8-5-13-28-14-21(27-24(22)28)17-9-11-18(25)12-10-17/h3-14,16H,15,25H2,1-2H3,(H,26,29). The maximum absolute atomic E-state index is 12.5. The number of amides is 1. The fraction of sp³-hybridized carbons (Fsp3) is 0.167. The number of para-hydroxylation sites is 1. The van der Waals surface area contributed by atoms with E-state index in [2.05, 4.69) is 24.1 Å². The van der Waals surface area contributed by atoms with Crippen LogP contribution in [0.25, 0.3) is 16.9 Å². The molecule has 0 unspecified atom stereocenters. The molecule has 4 rings (SSSR count). The van der Waals surface area contributed by atoms with Gasteiger partial charge in [0.2, 0.25) is 0 Å². The molecule has 0 radical (unpaired) electrons. The topological polar surface area (TPSA) is 81.6 Å². The number of nitrogens with two attached hydrogens (primary N) is 1. The molecule has 0 aliphatic carbocycles. The highest BCUT2D eigenvalue weighted by atomic mass is 16.5. The monoisotopic (exact) mass is 400 g/mol. The second-order valence-corrected chi connectivity index (χ2v) is 7.43. The number of anilines is 2. The summed E-state index contributed by atoms with van der Waals surface area (Å²) in [7, 11) is 0. The molecule has 0 aliphatic heterocycles. The molecule has 6 heteroatoms. The highest BCUT2D eigenvalue weighted by Gasteiger charge is 2.12. The summed E-state index contributed by atoms with van der Waals surface area (Å²) in [5, 5.41) is 2.94. The third-order valence-corrected chi connectivity index (χ3v) is 4.87. The predicted molar refractivity (Wildman–Crippen MR) is 120 cm³/mol. The van der Waals surface area contributed by atoms with Crippen molar-refractivity contribution in [2.75, 3.05) is 17.7 Å². The first-order valence-electron chi connectivity index (χ1n) is 9.86. The molecule has 0 atom stereocenters. The number of ether oxygens (including phenoxy) is 1. The molecular formula is C24H24N4O2. The fourth-order valence-corrected chi connectivity index (χ4v) is 3.34. The van der Waals surface area contributed by atoms with Crippen LogP contribution < -0.4 is 15.8 Å². The number of nitrogens with one attached hydrogen (secondary N) is 1. The molecule has 6 nitrogen and oxygen atoms in total. The van der Waals surface area contributed by atoms with Crippen molar-refractivity contribution >= 4 is 22.9 Å². The number of nitrogen functional groups attached to an aromatic ring is 1. The Balaban J connectivity index is 1.50. The van der Waals surface area contributed by atoms with E-state index >= 15 is 0 Å². The smallest absolute Gasteiger partial charge is 0.262 e. The number of hydrogen-bond acceptors (Lipinski definition) is 4. The first kappa shape index (κ1) is 19.5. The molecule has 152 valence electrons. The van der Waals surface area contributed by atoms with E-state index in [-0.39, 0.29) is 12.5 Å². The lowest BCUT2D eigenvalue weighted by Crippen LogP contribution is -2.21. The van der Waals surface area contributed by atoms with E-state index in [1.165, 1.54) is 0 Å². The molecule has 2 heterocycles. The Kier molecular flexibility index (Phi) is 5.39. The van der Waals surface area contributed by atoms with Crippen LogP contribution in [0, 0.1) is 0 Å². The number of carbonyl (C=O) groups is 1. The van der Waals surface area contributed by atoms with Crippen LogP contribution in [0.2, 0.25) is 0 Å². The number of aromatic nitrogens is 2. The van der Waals surface area contributed by atoms with Crippen molar-refractivity contribution in [1.82, 2.24) is 9.38 Å². The molecule has 0 bridgehead atoms. The summed E-state index contributed by atoms with van der Waals surface area (Å²) < 4.78 is 7.69. The number of benzene rings is 2. The molecule has 0 spiro atoms. The van der Waals surface area contributed by atoms with Crippen LogP contribution in [0.15, 0.2) is 73.1 Å². The van der Waals surface area contributed by atoms with Crippen LogP contribution in [-0.4, -0.2) is 21.9 Å². The van der Waals surface area contributed by atoms with Crippen molar-refractivity contribution in [3.63, 3.8) is 0 Å². The largest absolute Gasteiger partial charge is 0.480 e. The lowest BCUT2D eigenvalue weighted by Gasteiger charge is -2.14. The summed E-state index contributed by atoms with van der Waals surface area (Å²) in [6.45, 7) is 4.09. The zero-order valence-corrected chi connectivity index (χ0v) is 17.0. The van der Waals surface area contributed by atoms with Crippen molar-refractivity contribution in [3.05, 3.63) is 78.6 Å². The Labute approximate surface area is 175 Å². The van der Waals surface area contributed by atoms with Gasteiger partial charge >= 0.3 is 0 Å². The van der Waals surface area contributed by atoms with Crippen molar-refractivity contribution in [2.24, 2.45) is 0 Å². The zero-order valence-electron chi connectivity index (χ0n) is 17.0. The SMILES string of the molecule is CC(C)c1ccccc1NC(=O)COc1cccn2cc(-c3ccc(N)cc3)nc12. The predicted octanol–water partition coefficient (Wildman–Crippen LogP) is 4.72. The fourth-order valence-electron chi connectivity index (χ4n) is 3.34. The van der Waals surface area contributed by atoms with Gasteiger partial charge < -0.3 is 20.2 Å². The second kappa shape index (κ2) is 8.29. The molecule has 30 heavy (non-hydrogen) atoms. The summed E-state index contributed by atoms with van der Waals surface area (Å²) in [4.78, 5) is 17.2. The molecule has 2 aromatic carbocycles. The molecule has 4 aromatic rings. The van der Waals surface area contributed by atoms with Gasteiger partial charge in [-0.15, -0.1) is 0 Å². The van der Waals surface area contributed by atoms with E-state index in [4.69, 9.17) is 10.5 Å². The van der Waals surface area contributed by atoms with E-state index in [9.17, 15) is 4.79 Å². The van der Waals surface area contributed by atoms with Gasteiger partial charge in [0.05, 0.1) is 5.69 Å². The van der Waals surface area contributed by atoms with E-state index in [1.54, 1.807) is 0 Å². The van der Waals surface area contributed by atoms with Crippen LogP contribution in [0.3, 0.4) is 0 Å².